The van der Waals surface area contributed by atoms with Crippen LogP contribution in [0.15, 0.2) is 23.8 Å². The van der Waals surface area contributed by atoms with E-state index >= 15 is 0 Å². The Hall–Kier alpha value is -0.560. The highest BCUT2D eigenvalue weighted by atomic mass is 16.3. The van der Waals surface area contributed by atoms with Crippen LogP contribution in [0.2, 0.25) is 0 Å². The zero-order chi connectivity index (χ0) is 21.7. The van der Waals surface area contributed by atoms with Gasteiger partial charge >= 0.3 is 0 Å². The Morgan fingerprint density at radius 2 is 1.80 bits per heavy atom. The summed E-state index contributed by atoms with van der Waals surface area (Å²) in [7, 11) is 0. The molecule has 30 heavy (non-hydrogen) atoms. The summed E-state index contributed by atoms with van der Waals surface area (Å²) >= 11 is 0. The molecule has 0 amide bonds. The van der Waals surface area contributed by atoms with Crippen LogP contribution in [-0.2, 0) is 0 Å². The van der Waals surface area contributed by atoms with Crippen LogP contribution < -0.4 is 0 Å². The van der Waals surface area contributed by atoms with E-state index in [1.165, 1.54) is 44.9 Å². The van der Waals surface area contributed by atoms with Crippen molar-refractivity contribution < 1.29 is 5.11 Å². The fourth-order valence-corrected chi connectivity index (χ4v) is 8.83. The number of aliphatic hydroxyl groups is 1. The molecule has 4 aliphatic carbocycles. The topological polar surface area (TPSA) is 20.2 Å². The van der Waals surface area contributed by atoms with Gasteiger partial charge in [0.25, 0.3) is 0 Å². The molecule has 0 saturated heterocycles. The molecule has 170 valence electrons. The lowest BCUT2D eigenvalue weighted by Crippen LogP contribution is -2.50. The van der Waals surface area contributed by atoms with Gasteiger partial charge in [-0.25, -0.2) is 0 Å². The van der Waals surface area contributed by atoms with Crippen LogP contribution in [0, 0.1) is 52.3 Å². The molecule has 3 saturated carbocycles. The highest BCUT2D eigenvalue weighted by Crippen LogP contribution is 2.67. The standard InChI is InChI=1S/C29H48O/c1-7-21(19(2)3)9-8-20(4)25-12-13-26-24-11-10-22-18-23(30)14-16-28(22,5)27(24)15-17-29(25,26)6/h8-10,19-21,23-27,30H,7,11-18H2,1-6H3/t20?,21?,23-,24-,25+,26-,27-,28-,29+/m0/s1. The van der Waals surface area contributed by atoms with Crippen molar-refractivity contribution in [1.29, 1.82) is 0 Å². The Kier molecular flexibility index (Phi) is 6.35. The Morgan fingerprint density at radius 3 is 2.50 bits per heavy atom. The molecule has 0 heterocycles. The van der Waals surface area contributed by atoms with Gasteiger partial charge in [-0.05, 0) is 110 Å². The van der Waals surface area contributed by atoms with E-state index in [1.54, 1.807) is 5.57 Å². The second kappa shape index (κ2) is 8.42. The molecule has 0 aromatic heterocycles. The predicted molar refractivity (Wildman–Crippen MR) is 128 cm³/mol. The number of rotatable bonds is 5. The van der Waals surface area contributed by atoms with E-state index < -0.39 is 0 Å². The second-order valence-electron chi connectivity index (χ2n) is 12.4. The third kappa shape index (κ3) is 3.66. The summed E-state index contributed by atoms with van der Waals surface area (Å²) in [4.78, 5) is 0. The second-order valence-corrected chi connectivity index (χ2v) is 12.4. The first-order valence-electron chi connectivity index (χ1n) is 13.3. The molecule has 3 fully saturated rings. The highest BCUT2D eigenvalue weighted by Gasteiger charge is 2.58. The summed E-state index contributed by atoms with van der Waals surface area (Å²) in [5, 5.41) is 10.2. The molecule has 0 spiro atoms. The third-order valence-electron chi connectivity index (χ3n) is 10.8. The largest absolute Gasteiger partial charge is 0.393 e. The molecule has 0 aromatic carbocycles. The lowest BCUT2D eigenvalue weighted by molar-refractivity contribution is -0.0540. The van der Waals surface area contributed by atoms with Crippen LogP contribution >= 0.6 is 0 Å². The molecular weight excluding hydrogens is 364 g/mol. The number of aliphatic hydroxyl groups excluding tert-OH is 1. The van der Waals surface area contributed by atoms with Crippen molar-refractivity contribution in [3.05, 3.63) is 23.8 Å². The average Bonchev–Trinajstić information content (AvgIpc) is 3.06. The lowest BCUT2D eigenvalue weighted by Gasteiger charge is -2.58. The number of allylic oxidation sites excluding steroid dienone is 3. The number of fused-ring (bicyclic) bond motifs is 5. The average molecular weight is 413 g/mol. The minimum atomic E-state index is -0.0870. The van der Waals surface area contributed by atoms with Gasteiger partial charge in [-0.3, -0.25) is 0 Å². The number of hydrogen-bond acceptors (Lipinski definition) is 1. The van der Waals surface area contributed by atoms with E-state index in [4.69, 9.17) is 0 Å². The van der Waals surface area contributed by atoms with Crippen molar-refractivity contribution in [2.75, 3.05) is 0 Å². The van der Waals surface area contributed by atoms with E-state index in [-0.39, 0.29) is 6.10 Å². The minimum Gasteiger partial charge on any atom is -0.393 e. The van der Waals surface area contributed by atoms with Gasteiger partial charge in [0.2, 0.25) is 0 Å². The van der Waals surface area contributed by atoms with Crippen molar-refractivity contribution in [1.82, 2.24) is 0 Å². The normalized spacial score (nSPS) is 45.6. The maximum absolute atomic E-state index is 10.2. The first-order valence-corrected chi connectivity index (χ1v) is 13.3. The van der Waals surface area contributed by atoms with Crippen LogP contribution in [-0.4, -0.2) is 11.2 Å². The summed E-state index contributed by atoms with van der Waals surface area (Å²) in [5.41, 5.74) is 2.51. The zero-order valence-electron chi connectivity index (χ0n) is 20.7. The molecular formula is C29H48O. The molecule has 4 aliphatic rings. The Labute approximate surface area is 186 Å². The van der Waals surface area contributed by atoms with Crippen molar-refractivity contribution >= 4 is 0 Å². The molecule has 1 N–H and O–H groups in total. The lowest BCUT2D eigenvalue weighted by atomic mass is 9.47. The van der Waals surface area contributed by atoms with Crippen LogP contribution in [0.4, 0.5) is 0 Å². The summed E-state index contributed by atoms with van der Waals surface area (Å²) in [6.07, 6.45) is 19.1. The van der Waals surface area contributed by atoms with Gasteiger partial charge in [0.15, 0.2) is 0 Å². The van der Waals surface area contributed by atoms with Gasteiger partial charge in [-0.1, -0.05) is 65.3 Å². The van der Waals surface area contributed by atoms with Crippen LogP contribution in [0.5, 0.6) is 0 Å². The summed E-state index contributed by atoms with van der Waals surface area (Å²) < 4.78 is 0. The van der Waals surface area contributed by atoms with E-state index in [9.17, 15) is 5.11 Å². The molecule has 0 aromatic rings. The summed E-state index contributed by atoms with van der Waals surface area (Å²) in [6.45, 7) is 14.8. The number of hydrogen-bond donors (Lipinski definition) is 1. The Bertz CT molecular complexity index is 674. The highest BCUT2D eigenvalue weighted by molar-refractivity contribution is 5.25. The third-order valence-corrected chi connectivity index (χ3v) is 10.8. The van der Waals surface area contributed by atoms with Crippen LogP contribution in [0.1, 0.15) is 99.3 Å². The molecule has 4 rings (SSSR count). The molecule has 2 unspecified atom stereocenters. The van der Waals surface area contributed by atoms with Crippen molar-refractivity contribution in [3.8, 4) is 0 Å². The van der Waals surface area contributed by atoms with Gasteiger partial charge < -0.3 is 5.11 Å². The van der Waals surface area contributed by atoms with E-state index in [0.29, 0.717) is 16.7 Å². The smallest absolute Gasteiger partial charge is 0.0577 e. The minimum absolute atomic E-state index is 0.0870. The molecule has 0 bridgehead atoms. The SMILES string of the molecule is CCC(C=CC(C)[C@H]1CC[C@H]2[C@@H]3CC=C4C[C@@H](O)CC[C@]4(C)[C@H]3CC[C@]12C)C(C)C. The first-order chi connectivity index (χ1) is 14.2. The summed E-state index contributed by atoms with van der Waals surface area (Å²) in [6, 6.07) is 0. The van der Waals surface area contributed by atoms with Gasteiger partial charge in [-0.2, -0.15) is 0 Å². The van der Waals surface area contributed by atoms with Gasteiger partial charge in [0.05, 0.1) is 6.10 Å². The van der Waals surface area contributed by atoms with E-state index in [2.05, 4.69) is 59.8 Å². The van der Waals surface area contributed by atoms with E-state index in [0.717, 1.165) is 48.3 Å². The molecule has 1 nitrogen and oxygen atoms in total. The van der Waals surface area contributed by atoms with Gasteiger partial charge in [-0.15, -0.1) is 0 Å². The maximum Gasteiger partial charge on any atom is 0.0577 e. The summed E-state index contributed by atoms with van der Waals surface area (Å²) in [5.74, 6) is 5.70. The van der Waals surface area contributed by atoms with Crippen LogP contribution in [0.25, 0.3) is 0 Å². The fraction of sp³-hybridized carbons (Fsp3) is 0.862. The van der Waals surface area contributed by atoms with Crippen molar-refractivity contribution in [2.24, 2.45) is 52.3 Å². The quantitative estimate of drug-likeness (QED) is 0.457. The van der Waals surface area contributed by atoms with E-state index in [1.807, 2.05) is 0 Å². The van der Waals surface area contributed by atoms with Gasteiger partial charge in [0, 0.05) is 0 Å². The van der Waals surface area contributed by atoms with Crippen LogP contribution in [0.3, 0.4) is 0 Å². The maximum atomic E-state index is 10.2. The zero-order valence-corrected chi connectivity index (χ0v) is 20.7. The fourth-order valence-electron chi connectivity index (χ4n) is 8.83. The molecule has 9 atom stereocenters. The molecule has 0 aliphatic heterocycles. The molecule has 0 radical (unpaired) electrons. The van der Waals surface area contributed by atoms with Crippen molar-refractivity contribution in [3.63, 3.8) is 0 Å². The monoisotopic (exact) mass is 412 g/mol. The van der Waals surface area contributed by atoms with Gasteiger partial charge in [0.1, 0.15) is 0 Å². The molecule has 1 heteroatoms. The Balaban J connectivity index is 1.52. The Morgan fingerprint density at radius 1 is 1.03 bits per heavy atom. The first kappa shape index (κ1) is 22.6. The van der Waals surface area contributed by atoms with Crippen molar-refractivity contribution in [2.45, 2.75) is 105 Å². The predicted octanol–water partition coefficient (Wildman–Crippen LogP) is 7.80.